The number of nitrogens with one attached hydrogen (secondary N) is 1. The highest BCUT2D eigenvalue weighted by Gasteiger charge is 2.23. The van der Waals surface area contributed by atoms with Gasteiger partial charge < -0.3 is 14.4 Å². The van der Waals surface area contributed by atoms with Gasteiger partial charge in [0.2, 0.25) is 5.56 Å². The average Bonchev–Trinajstić information content (AvgIpc) is 2.89. The molecule has 1 aliphatic carbocycles. The standard InChI is InChI=1S/C15H17N3O3/c1-9-12(8-16-21-9)15(20)17-11-4-5-13-10(7-11)3-6-14(19)18(13)2/h3,6,8,11H,4-5,7H2,1-2H3,(H,17,20). The highest BCUT2D eigenvalue weighted by molar-refractivity contribution is 5.94. The molecule has 0 fully saturated rings. The number of aryl methyl sites for hydroxylation is 1. The summed E-state index contributed by atoms with van der Waals surface area (Å²) in [6.45, 7) is 1.72. The molecule has 0 radical (unpaired) electrons. The quantitative estimate of drug-likeness (QED) is 0.893. The molecule has 1 atom stereocenters. The number of carbonyl (C=O) groups excluding carboxylic acids is 1. The van der Waals surface area contributed by atoms with Crippen LogP contribution in [0.2, 0.25) is 0 Å². The second kappa shape index (κ2) is 5.20. The number of pyridine rings is 1. The van der Waals surface area contributed by atoms with Crippen LogP contribution in [-0.4, -0.2) is 21.7 Å². The topological polar surface area (TPSA) is 77.1 Å². The van der Waals surface area contributed by atoms with Crippen molar-refractivity contribution in [1.29, 1.82) is 0 Å². The molecular weight excluding hydrogens is 270 g/mol. The minimum atomic E-state index is -0.160. The highest BCUT2D eigenvalue weighted by Crippen LogP contribution is 2.20. The Morgan fingerprint density at radius 3 is 3.00 bits per heavy atom. The van der Waals surface area contributed by atoms with E-state index in [0.717, 1.165) is 30.5 Å². The van der Waals surface area contributed by atoms with Crippen LogP contribution < -0.4 is 10.9 Å². The number of amides is 1. The molecule has 3 rings (SSSR count). The second-order valence-corrected chi connectivity index (χ2v) is 5.41. The van der Waals surface area contributed by atoms with E-state index in [9.17, 15) is 9.59 Å². The minimum Gasteiger partial charge on any atom is -0.361 e. The first kappa shape index (κ1) is 13.6. The zero-order valence-electron chi connectivity index (χ0n) is 12.0. The van der Waals surface area contributed by atoms with Crippen LogP contribution in [0.15, 0.2) is 27.6 Å². The van der Waals surface area contributed by atoms with Crippen molar-refractivity contribution in [2.24, 2.45) is 7.05 Å². The third-order valence-electron chi connectivity index (χ3n) is 4.06. The van der Waals surface area contributed by atoms with E-state index in [1.54, 1.807) is 24.6 Å². The molecule has 2 aromatic heterocycles. The molecule has 6 nitrogen and oxygen atoms in total. The van der Waals surface area contributed by atoms with E-state index in [4.69, 9.17) is 4.52 Å². The maximum atomic E-state index is 12.2. The van der Waals surface area contributed by atoms with Gasteiger partial charge in [-0.15, -0.1) is 0 Å². The first-order valence-corrected chi connectivity index (χ1v) is 6.96. The summed E-state index contributed by atoms with van der Waals surface area (Å²) in [6.07, 6.45) is 3.78. The lowest BCUT2D eigenvalue weighted by atomic mass is 9.91. The molecular formula is C15H17N3O3. The Hall–Kier alpha value is -2.37. The third-order valence-corrected chi connectivity index (χ3v) is 4.06. The van der Waals surface area contributed by atoms with Crippen LogP contribution in [0.3, 0.4) is 0 Å². The zero-order valence-corrected chi connectivity index (χ0v) is 12.0. The number of hydrogen-bond acceptors (Lipinski definition) is 4. The number of carbonyl (C=O) groups is 1. The molecule has 0 saturated heterocycles. The van der Waals surface area contributed by atoms with E-state index in [0.29, 0.717) is 11.3 Å². The predicted molar refractivity (Wildman–Crippen MR) is 76.2 cm³/mol. The molecule has 1 unspecified atom stereocenters. The summed E-state index contributed by atoms with van der Waals surface area (Å²) in [4.78, 5) is 23.8. The van der Waals surface area contributed by atoms with E-state index < -0.39 is 0 Å². The van der Waals surface area contributed by atoms with E-state index >= 15 is 0 Å². The normalized spacial score (nSPS) is 17.3. The molecule has 1 N–H and O–H groups in total. The van der Waals surface area contributed by atoms with Crippen LogP contribution in [0.5, 0.6) is 0 Å². The second-order valence-electron chi connectivity index (χ2n) is 5.41. The number of rotatable bonds is 2. The smallest absolute Gasteiger partial charge is 0.256 e. The molecule has 1 aliphatic rings. The molecule has 0 aliphatic heterocycles. The predicted octanol–water partition coefficient (Wildman–Crippen LogP) is 0.969. The SMILES string of the molecule is Cc1oncc1C(=O)NC1CCc2c(ccc(=O)n2C)C1. The van der Waals surface area contributed by atoms with Crippen molar-refractivity contribution in [3.8, 4) is 0 Å². The molecule has 0 saturated carbocycles. The fourth-order valence-electron chi connectivity index (χ4n) is 2.82. The maximum absolute atomic E-state index is 12.2. The monoisotopic (exact) mass is 287 g/mol. The van der Waals surface area contributed by atoms with Gasteiger partial charge in [0.25, 0.3) is 5.91 Å². The lowest BCUT2D eigenvalue weighted by molar-refractivity contribution is 0.0932. The molecule has 2 aromatic rings. The summed E-state index contributed by atoms with van der Waals surface area (Å²) in [5.41, 5.74) is 2.67. The van der Waals surface area contributed by atoms with Gasteiger partial charge in [-0.25, -0.2) is 0 Å². The first-order valence-electron chi connectivity index (χ1n) is 6.96. The largest absolute Gasteiger partial charge is 0.361 e. The van der Waals surface area contributed by atoms with E-state index in [1.165, 1.54) is 6.20 Å². The van der Waals surface area contributed by atoms with Crippen molar-refractivity contribution >= 4 is 5.91 Å². The molecule has 6 heteroatoms. The number of fused-ring (bicyclic) bond motifs is 1. The van der Waals surface area contributed by atoms with Crippen LogP contribution in [0.1, 0.15) is 33.8 Å². The lowest BCUT2D eigenvalue weighted by Gasteiger charge is -2.26. The van der Waals surface area contributed by atoms with Crippen LogP contribution in [-0.2, 0) is 19.9 Å². The zero-order chi connectivity index (χ0) is 15.0. The molecule has 0 bridgehead atoms. The first-order chi connectivity index (χ1) is 10.1. The number of aromatic nitrogens is 2. The Morgan fingerprint density at radius 1 is 1.48 bits per heavy atom. The summed E-state index contributed by atoms with van der Waals surface area (Å²) in [7, 11) is 1.79. The van der Waals surface area contributed by atoms with Crippen LogP contribution in [0, 0.1) is 6.92 Å². The van der Waals surface area contributed by atoms with Crippen LogP contribution >= 0.6 is 0 Å². The van der Waals surface area contributed by atoms with Crippen molar-refractivity contribution in [1.82, 2.24) is 15.0 Å². The van der Waals surface area contributed by atoms with Gasteiger partial charge in [0.05, 0.1) is 6.20 Å². The van der Waals surface area contributed by atoms with Gasteiger partial charge in [0, 0.05) is 24.8 Å². The van der Waals surface area contributed by atoms with Gasteiger partial charge in [-0.2, -0.15) is 0 Å². The average molecular weight is 287 g/mol. The Labute approximate surface area is 121 Å². The van der Waals surface area contributed by atoms with Gasteiger partial charge >= 0.3 is 0 Å². The summed E-state index contributed by atoms with van der Waals surface area (Å²) >= 11 is 0. The highest BCUT2D eigenvalue weighted by atomic mass is 16.5. The third kappa shape index (κ3) is 2.49. The van der Waals surface area contributed by atoms with E-state index in [-0.39, 0.29) is 17.5 Å². The fraction of sp³-hybridized carbons (Fsp3) is 0.400. The molecule has 0 spiro atoms. The minimum absolute atomic E-state index is 0.0105. The van der Waals surface area contributed by atoms with E-state index in [2.05, 4.69) is 10.5 Å². The molecule has 2 heterocycles. The van der Waals surface area contributed by atoms with Crippen molar-refractivity contribution in [2.45, 2.75) is 32.2 Å². The van der Waals surface area contributed by atoms with Crippen molar-refractivity contribution in [3.05, 3.63) is 51.3 Å². The fourth-order valence-corrected chi connectivity index (χ4v) is 2.82. The Balaban J connectivity index is 1.75. The van der Waals surface area contributed by atoms with Gasteiger partial charge in [-0.1, -0.05) is 11.2 Å². The van der Waals surface area contributed by atoms with Gasteiger partial charge in [-0.05, 0) is 31.7 Å². The van der Waals surface area contributed by atoms with Crippen LogP contribution in [0.25, 0.3) is 0 Å². The van der Waals surface area contributed by atoms with Crippen molar-refractivity contribution in [3.63, 3.8) is 0 Å². The Bertz CT molecular complexity index is 745. The van der Waals surface area contributed by atoms with E-state index in [1.807, 2.05) is 6.07 Å². The maximum Gasteiger partial charge on any atom is 0.256 e. The van der Waals surface area contributed by atoms with Crippen molar-refractivity contribution in [2.75, 3.05) is 0 Å². The summed E-state index contributed by atoms with van der Waals surface area (Å²) in [6, 6.07) is 3.50. The summed E-state index contributed by atoms with van der Waals surface area (Å²) in [5.74, 6) is 0.359. The Kier molecular flexibility index (Phi) is 3.37. The Morgan fingerprint density at radius 2 is 2.29 bits per heavy atom. The van der Waals surface area contributed by atoms with Crippen LogP contribution in [0.4, 0.5) is 0 Å². The number of nitrogens with zero attached hydrogens (tertiary/aromatic N) is 2. The van der Waals surface area contributed by atoms with Gasteiger partial charge in [0.1, 0.15) is 11.3 Å². The van der Waals surface area contributed by atoms with Gasteiger partial charge in [-0.3, -0.25) is 9.59 Å². The van der Waals surface area contributed by atoms with Gasteiger partial charge in [0.15, 0.2) is 0 Å². The molecule has 110 valence electrons. The van der Waals surface area contributed by atoms with Crippen molar-refractivity contribution < 1.29 is 9.32 Å². The molecule has 1 amide bonds. The summed E-state index contributed by atoms with van der Waals surface area (Å²) in [5, 5.41) is 6.63. The molecule has 0 aromatic carbocycles. The number of hydrogen-bond donors (Lipinski definition) is 1. The lowest BCUT2D eigenvalue weighted by Crippen LogP contribution is -2.40. The molecule has 21 heavy (non-hydrogen) atoms. The summed E-state index contributed by atoms with van der Waals surface area (Å²) < 4.78 is 6.60.